The van der Waals surface area contributed by atoms with Crippen molar-refractivity contribution in [3.8, 4) is 0 Å². The van der Waals surface area contributed by atoms with Crippen LogP contribution in [0.2, 0.25) is 0 Å². The van der Waals surface area contributed by atoms with Gasteiger partial charge in [0.25, 0.3) is 5.91 Å². The average molecular weight is 337 g/mol. The van der Waals surface area contributed by atoms with Crippen molar-refractivity contribution in [2.24, 2.45) is 7.05 Å². The fourth-order valence-electron chi connectivity index (χ4n) is 2.32. The molecule has 0 spiro atoms. The van der Waals surface area contributed by atoms with Gasteiger partial charge in [0, 0.05) is 48.6 Å². The largest absolute Gasteiger partial charge is 0.350 e. The number of nitrogens with zero attached hydrogens (tertiary/aromatic N) is 3. The van der Waals surface area contributed by atoms with E-state index >= 15 is 0 Å². The van der Waals surface area contributed by atoms with Crippen molar-refractivity contribution in [3.05, 3.63) is 40.4 Å². The first-order valence-corrected chi connectivity index (χ1v) is 7.57. The molecule has 1 N–H and O–H groups in total. The highest BCUT2D eigenvalue weighted by Gasteiger charge is 2.27. The van der Waals surface area contributed by atoms with Crippen LogP contribution in [-0.4, -0.2) is 26.8 Å². The lowest BCUT2D eigenvalue weighted by Gasteiger charge is -2.08. The summed E-state index contributed by atoms with van der Waals surface area (Å²) in [6.45, 7) is 0.617. The number of carbonyl (C=O) groups is 1. The molecule has 1 amide bonds. The molecule has 0 aromatic carbocycles. The molecule has 0 saturated heterocycles. The first-order chi connectivity index (χ1) is 9.65. The van der Waals surface area contributed by atoms with Crippen LogP contribution in [0.5, 0.6) is 0 Å². The van der Waals surface area contributed by atoms with E-state index in [0.717, 1.165) is 35.1 Å². The van der Waals surface area contributed by atoms with Gasteiger partial charge in [-0.2, -0.15) is 5.10 Å². The highest BCUT2D eigenvalue weighted by molar-refractivity contribution is 9.10. The second-order valence-corrected chi connectivity index (χ2v) is 6.05. The van der Waals surface area contributed by atoms with Crippen LogP contribution in [0.4, 0.5) is 0 Å². The van der Waals surface area contributed by atoms with E-state index in [1.807, 2.05) is 30.1 Å². The summed E-state index contributed by atoms with van der Waals surface area (Å²) in [5, 5.41) is 7.09. The van der Waals surface area contributed by atoms with Gasteiger partial charge in [0.1, 0.15) is 5.69 Å². The molecular formula is C14H17BrN4O. The van der Waals surface area contributed by atoms with E-state index in [9.17, 15) is 4.79 Å². The number of amides is 1. The molecule has 2 aromatic rings. The predicted molar refractivity (Wildman–Crippen MR) is 79.6 cm³/mol. The summed E-state index contributed by atoms with van der Waals surface area (Å²) in [7, 11) is 1.91. The Bertz CT molecular complexity index is 627. The first-order valence-electron chi connectivity index (χ1n) is 6.77. The van der Waals surface area contributed by atoms with E-state index < -0.39 is 0 Å². The highest BCUT2D eigenvalue weighted by atomic mass is 79.9. The normalized spacial score (nSPS) is 14.5. The Kier molecular flexibility index (Phi) is 3.65. The van der Waals surface area contributed by atoms with Crippen molar-refractivity contribution in [1.82, 2.24) is 19.7 Å². The Morgan fingerprint density at radius 2 is 2.35 bits per heavy atom. The standard InChI is InChI=1S/C14H17BrN4O/c1-18-11(5-7-17-18)4-6-16-14(20)13-8-10(15)9-19(13)12-2-3-12/h5,7-9,12H,2-4,6H2,1H3,(H,16,20). The maximum atomic E-state index is 12.2. The molecule has 0 radical (unpaired) electrons. The van der Waals surface area contributed by atoms with Crippen LogP contribution >= 0.6 is 15.9 Å². The van der Waals surface area contributed by atoms with Gasteiger partial charge in [0.15, 0.2) is 0 Å². The van der Waals surface area contributed by atoms with E-state index in [2.05, 4.69) is 30.9 Å². The molecule has 1 saturated carbocycles. The minimum Gasteiger partial charge on any atom is -0.350 e. The quantitative estimate of drug-likeness (QED) is 0.910. The number of hydrogen-bond donors (Lipinski definition) is 1. The molecule has 20 heavy (non-hydrogen) atoms. The van der Waals surface area contributed by atoms with Gasteiger partial charge in [-0.3, -0.25) is 9.48 Å². The summed E-state index contributed by atoms with van der Waals surface area (Å²) >= 11 is 3.44. The van der Waals surface area contributed by atoms with E-state index in [-0.39, 0.29) is 5.91 Å². The molecule has 2 aromatic heterocycles. The van der Waals surface area contributed by atoms with Crippen molar-refractivity contribution in [2.75, 3.05) is 6.54 Å². The van der Waals surface area contributed by atoms with Crippen molar-refractivity contribution in [1.29, 1.82) is 0 Å². The number of halogens is 1. The lowest BCUT2D eigenvalue weighted by atomic mass is 10.3. The summed E-state index contributed by atoms with van der Waals surface area (Å²) < 4.78 is 4.86. The van der Waals surface area contributed by atoms with Crippen LogP contribution in [0.15, 0.2) is 29.0 Å². The zero-order chi connectivity index (χ0) is 14.1. The smallest absolute Gasteiger partial charge is 0.267 e. The molecule has 3 rings (SSSR count). The van der Waals surface area contributed by atoms with Gasteiger partial charge in [-0.05, 0) is 40.9 Å². The third-order valence-electron chi connectivity index (χ3n) is 3.58. The average Bonchev–Trinajstić information content (AvgIpc) is 3.08. The van der Waals surface area contributed by atoms with Crippen LogP contribution in [0.3, 0.4) is 0 Å². The second-order valence-electron chi connectivity index (χ2n) is 5.13. The molecule has 0 bridgehead atoms. The molecule has 2 heterocycles. The van der Waals surface area contributed by atoms with Crippen LogP contribution in [0.1, 0.15) is 35.1 Å². The van der Waals surface area contributed by atoms with Crippen molar-refractivity contribution in [2.45, 2.75) is 25.3 Å². The third kappa shape index (κ3) is 2.80. The summed E-state index contributed by atoms with van der Waals surface area (Å²) in [5.41, 5.74) is 1.86. The fraction of sp³-hybridized carbons (Fsp3) is 0.429. The highest BCUT2D eigenvalue weighted by Crippen LogP contribution is 2.37. The van der Waals surface area contributed by atoms with Gasteiger partial charge >= 0.3 is 0 Å². The molecule has 0 aliphatic heterocycles. The summed E-state index contributed by atoms with van der Waals surface area (Å²) in [5.74, 6) is -0.00947. The Hall–Kier alpha value is -1.56. The molecule has 5 nitrogen and oxygen atoms in total. The SMILES string of the molecule is Cn1nccc1CCNC(=O)c1cc(Br)cn1C1CC1. The lowest BCUT2D eigenvalue weighted by Crippen LogP contribution is -2.28. The van der Waals surface area contributed by atoms with Crippen LogP contribution < -0.4 is 5.32 Å². The Balaban J connectivity index is 1.60. The molecule has 1 aliphatic rings. The summed E-state index contributed by atoms with van der Waals surface area (Å²) in [4.78, 5) is 12.2. The van der Waals surface area contributed by atoms with Gasteiger partial charge in [0.2, 0.25) is 0 Å². The first kappa shape index (κ1) is 13.4. The van der Waals surface area contributed by atoms with Crippen molar-refractivity contribution in [3.63, 3.8) is 0 Å². The number of aryl methyl sites for hydroxylation is 1. The van der Waals surface area contributed by atoms with E-state index in [1.54, 1.807) is 6.20 Å². The maximum Gasteiger partial charge on any atom is 0.267 e. The summed E-state index contributed by atoms with van der Waals surface area (Å²) in [6, 6.07) is 4.35. The molecule has 6 heteroatoms. The number of hydrogen-bond acceptors (Lipinski definition) is 2. The van der Waals surface area contributed by atoms with Crippen molar-refractivity contribution < 1.29 is 4.79 Å². The topological polar surface area (TPSA) is 51.9 Å². The Morgan fingerprint density at radius 1 is 1.55 bits per heavy atom. The van der Waals surface area contributed by atoms with Crippen LogP contribution in [-0.2, 0) is 13.5 Å². The van der Waals surface area contributed by atoms with Crippen LogP contribution in [0.25, 0.3) is 0 Å². The molecule has 106 valence electrons. The third-order valence-corrected chi connectivity index (χ3v) is 4.01. The molecule has 1 fully saturated rings. The summed E-state index contributed by atoms with van der Waals surface area (Å²) in [6.07, 6.45) is 6.88. The zero-order valence-electron chi connectivity index (χ0n) is 11.3. The second kappa shape index (κ2) is 5.44. The monoisotopic (exact) mass is 336 g/mol. The molecule has 0 atom stereocenters. The number of rotatable bonds is 5. The van der Waals surface area contributed by atoms with Gasteiger partial charge in [0.05, 0.1) is 0 Å². The fourth-order valence-corrected chi connectivity index (χ4v) is 2.76. The minimum atomic E-state index is -0.00947. The van der Waals surface area contributed by atoms with Crippen LogP contribution in [0, 0.1) is 0 Å². The Morgan fingerprint density at radius 3 is 3.00 bits per heavy atom. The number of nitrogens with one attached hydrogen (secondary N) is 1. The van der Waals surface area contributed by atoms with E-state index in [4.69, 9.17) is 0 Å². The van der Waals surface area contributed by atoms with E-state index in [0.29, 0.717) is 12.6 Å². The van der Waals surface area contributed by atoms with E-state index in [1.165, 1.54) is 0 Å². The zero-order valence-corrected chi connectivity index (χ0v) is 12.9. The van der Waals surface area contributed by atoms with Gasteiger partial charge in [-0.1, -0.05) is 0 Å². The molecular weight excluding hydrogens is 320 g/mol. The predicted octanol–water partition coefficient (Wildman–Crippen LogP) is 2.29. The van der Waals surface area contributed by atoms with Gasteiger partial charge in [-0.15, -0.1) is 0 Å². The van der Waals surface area contributed by atoms with Gasteiger partial charge < -0.3 is 9.88 Å². The minimum absolute atomic E-state index is 0.00947. The number of aromatic nitrogens is 3. The Labute approximate surface area is 126 Å². The maximum absolute atomic E-state index is 12.2. The molecule has 0 unspecified atom stereocenters. The molecule has 1 aliphatic carbocycles. The number of carbonyl (C=O) groups excluding carboxylic acids is 1. The lowest BCUT2D eigenvalue weighted by molar-refractivity contribution is 0.0944. The van der Waals surface area contributed by atoms with Gasteiger partial charge in [-0.25, -0.2) is 0 Å². The van der Waals surface area contributed by atoms with Crippen molar-refractivity contribution >= 4 is 21.8 Å².